The fourth-order valence-corrected chi connectivity index (χ4v) is 3.69. The minimum absolute atomic E-state index is 0.0233. The second-order valence-corrected chi connectivity index (χ2v) is 7.56. The number of hydrogen-bond acceptors (Lipinski definition) is 7. The van der Waals surface area contributed by atoms with E-state index in [-0.39, 0.29) is 29.9 Å². The number of likely N-dealkylation sites (N-methyl/N-ethyl adjacent to an activating group) is 1. The topological polar surface area (TPSA) is 113 Å². The molecule has 31 heavy (non-hydrogen) atoms. The zero-order chi connectivity index (χ0) is 22.5. The van der Waals surface area contributed by atoms with E-state index in [4.69, 9.17) is 0 Å². The van der Waals surface area contributed by atoms with E-state index < -0.39 is 9.85 Å². The molecule has 0 aliphatic carbocycles. The molecule has 164 valence electrons. The van der Waals surface area contributed by atoms with Crippen LogP contribution in [0.1, 0.15) is 18.5 Å². The molecule has 2 aromatic rings. The molecule has 1 aliphatic heterocycles. The van der Waals surface area contributed by atoms with Crippen LogP contribution in [0.4, 0.5) is 17.1 Å². The van der Waals surface area contributed by atoms with Gasteiger partial charge in [0.2, 0.25) is 5.91 Å². The van der Waals surface area contributed by atoms with Crippen LogP contribution in [0.15, 0.2) is 48.5 Å². The summed E-state index contributed by atoms with van der Waals surface area (Å²) in [6.45, 7) is 4.06. The van der Waals surface area contributed by atoms with Crippen LogP contribution in [0.2, 0.25) is 0 Å². The van der Waals surface area contributed by atoms with Crippen molar-refractivity contribution in [2.24, 2.45) is 0 Å². The van der Waals surface area contributed by atoms with E-state index in [2.05, 4.69) is 0 Å². The Morgan fingerprint density at radius 3 is 2.35 bits per heavy atom. The number of anilines is 1. The van der Waals surface area contributed by atoms with Crippen molar-refractivity contribution < 1.29 is 14.6 Å². The standard InChI is InChI=1S/C21H25N5O5/c1-16(17-6-5-7-18(14-17)25(28)29)22(2)15-21(27)24-12-10-23(11-13-24)19-8-3-4-9-20(19)26(30)31/h3-9,14,16H,10-13,15H2,1-2H3. The van der Waals surface area contributed by atoms with Gasteiger partial charge < -0.3 is 9.80 Å². The quantitative estimate of drug-likeness (QED) is 0.493. The van der Waals surface area contributed by atoms with Crippen LogP contribution >= 0.6 is 0 Å². The highest BCUT2D eigenvalue weighted by Crippen LogP contribution is 2.28. The molecule has 1 aliphatic rings. The van der Waals surface area contributed by atoms with Crippen LogP contribution < -0.4 is 4.90 Å². The minimum Gasteiger partial charge on any atom is -0.362 e. The van der Waals surface area contributed by atoms with Crippen molar-refractivity contribution in [3.8, 4) is 0 Å². The summed E-state index contributed by atoms with van der Waals surface area (Å²) in [6.07, 6.45) is 0. The number of carbonyl (C=O) groups excluding carboxylic acids is 1. The smallest absolute Gasteiger partial charge is 0.292 e. The fourth-order valence-electron chi connectivity index (χ4n) is 3.69. The van der Waals surface area contributed by atoms with Crippen molar-refractivity contribution in [1.29, 1.82) is 0 Å². The molecule has 0 N–H and O–H groups in total. The SMILES string of the molecule is CC(c1cccc([N+](=O)[O-])c1)N(C)CC(=O)N1CCN(c2ccccc2[N+](=O)[O-])CC1. The summed E-state index contributed by atoms with van der Waals surface area (Å²) in [6, 6.07) is 12.9. The number of nitrogens with zero attached hydrogens (tertiary/aromatic N) is 5. The Morgan fingerprint density at radius 1 is 1.03 bits per heavy atom. The van der Waals surface area contributed by atoms with Crippen LogP contribution in [-0.4, -0.2) is 65.3 Å². The minimum atomic E-state index is -0.433. The molecular formula is C21H25N5O5. The average Bonchev–Trinajstić information content (AvgIpc) is 2.78. The molecule has 1 heterocycles. The lowest BCUT2D eigenvalue weighted by atomic mass is 10.1. The van der Waals surface area contributed by atoms with Gasteiger partial charge >= 0.3 is 0 Å². The van der Waals surface area contributed by atoms with E-state index in [0.717, 1.165) is 5.56 Å². The van der Waals surface area contributed by atoms with Crippen molar-refractivity contribution in [1.82, 2.24) is 9.80 Å². The van der Waals surface area contributed by atoms with Gasteiger partial charge in [0.25, 0.3) is 11.4 Å². The van der Waals surface area contributed by atoms with E-state index in [1.54, 1.807) is 29.2 Å². The summed E-state index contributed by atoms with van der Waals surface area (Å²) < 4.78 is 0. The molecule has 10 nitrogen and oxygen atoms in total. The summed E-state index contributed by atoms with van der Waals surface area (Å²) in [5.74, 6) is -0.0398. The Balaban J connectivity index is 1.58. The number of benzene rings is 2. The number of para-hydroxylation sites is 2. The highest BCUT2D eigenvalue weighted by atomic mass is 16.6. The number of hydrogen-bond donors (Lipinski definition) is 0. The van der Waals surface area contributed by atoms with Gasteiger partial charge in [0.15, 0.2) is 0 Å². The first-order valence-corrected chi connectivity index (χ1v) is 9.98. The van der Waals surface area contributed by atoms with Gasteiger partial charge in [-0.1, -0.05) is 24.3 Å². The van der Waals surface area contributed by atoms with E-state index in [1.165, 1.54) is 18.2 Å². The zero-order valence-corrected chi connectivity index (χ0v) is 17.5. The number of piperazine rings is 1. The van der Waals surface area contributed by atoms with Crippen LogP contribution in [-0.2, 0) is 4.79 Å². The first kappa shape index (κ1) is 22.2. The molecule has 10 heteroatoms. The van der Waals surface area contributed by atoms with Gasteiger partial charge in [-0.25, -0.2) is 0 Å². The second kappa shape index (κ2) is 9.52. The van der Waals surface area contributed by atoms with Crippen LogP contribution in [0.25, 0.3) is 0 Å². The number of non-ortho nitro benzene ring substituents is 1. The summed E-state index contributed by atoms with van der Waals surface area (Å²) >= 11 is 0. The van der Waals surface area contributed by atoms with Gasteiger partial charge in [-0.2, -0.15) is 0 Å². The summed E-state index contributed by atoms with van der Waals surface area (Å²) in [4.78, 5) is 39.8. The fraction of sp³-hybridized carbons (Fsp3) is 0.381. The lowest BCUT2D eigenvalue weighted by Crippen LogP contribution is -2.51. The number of amides is 1. The van der Waals surface area contributed by atoms with Crippen LogP contribution in [0.5, 0.6) is 0 Å². The zero-order valence-electron chi connectivity index (χ0n) is 17.5. The Hall–Kier alpha value is -3.53. The monoisotopic (exact) mass is 427 g/mol. The van der Waals surface area contributed by atoms with Crippen molar-refractivity contribution >= 4 is 23.0 Å². The maximum atomic E-state index is 12.8. The Bertz CT molecular complexity index is 974. The summed E-state index contributed by atoms with van der Waals surface area (Å²) in [5, 5.41) is 22.3. The van der Waals surface area contributed by atoms with Crippen molar-refractivity contribution in [3.05, 3.63) is 74.3 Å². The Labute approximate surface area is 180 Å². The number of rotatable bonds is 7. The molecule has 1 saturated heterocycles. The van der Waals surface area contributed by atoms with Crippen LogP contribution in [0, 0.1) is 20.2 Å². The summed E-state index contributed by atoms with van der Waals surface area (Å²) in [7, 11) is 1.81. The molecule has 1 unspecified atom stereocenters. The maximum absolute atomic E-state index is 12.8. The van der Waals surface area contributed by atoms with Crippen LogP contribution in [0.3, 0.4) is 0 Å². The lowest BCUT2D eigenvalue weighted by Gasteiger charge is -2.37. The van der Waals surface area contributed by atoms with Gasteiger partial charge in [-0.3, -0.25) is 29.9 Å². The Kier molecular flexibility index (Phi) is 6.81. The molecule has 1 atom stereocenters. The maximum Gasteiger partial charge on any atom is 0.292 e. The van der Waals surface area contributed by atoms with E-state index >= 15 is 0 Å². The molecule has 0 saturated carbocycles. The van der Waals surface area contributed by atoms with E-state index in [1.807, 2.05) is 29.8 Å². The largest absolute Gasteiger partial charge is 0.362 e. The number of nitro groups is 2. The van der Waals surface area contributed by atoms with Gasteiger partial charge in [-0.15, -0.1) is 0 Å². The second-order valence-electron chi connectivity index (χ2n) is 7.56. The highest BCUT2D eigenvalue weighted by molar-refractivity contribution is 5.78. The van der Waals surface area contributed by atoms with E-state index in [9.17, 15) is 25.0 Å². The van der Waals surface area contributed by atoms with Gasteiger partial charge in [0, 0.05) is 50.4 Å². The summed E-state index contributed by atoms with van der Waals surface area (Å²) in [5.41, 5.74) is 1.42. The third-order valence-corrected chi connectivity index (χ3v) is 5.66. The first-order valence-electron chi connectivity index (χ1n) is 9.98. The predicted molar refractivity (Wildman–Crippen MR) is 116 cm³/mol. The molecule has 0 radical (unpaired) electrons. The third kappa shape index (κ3) is 5.15. The molecule has 2 aromatic carbocycles. The van der Waals surface area contributed by atoms with Gasteiger partial charge in [0.1, 0.15) is 5.69 Å². The van der Waals surface area contributed by atoms with E-state index in [0.29, 0.717) is 31.9 Å². The highest BCUT2D eigenvalue weighted by Gasteiger charge is 2.26. The van der Waals surface area contributed by atoms with Crippen molar-refractivity contribution in [3.63, 3.8) is 0 Å². The van der Waals surface area contributed by atoms with Crippen molar-refractivity contribution in [2.45, 2.75) is 13.0 Å². The molecule has 0 bridgehead atoms. The molecular weight excluding hydrogens is 402 g/mol. The third-order valence-electron chi connectivity index (χ3n) is 5.66. The number of nitro benzene ring substituents is 2. The average molecular weight is 427 g/mol. The Morgan fingerprint density at radius 2 is 1.71 bits per heavy atom. The number of carbonyl (C=O) groups is 1. The predicted octanol–water partition coefficient (Wildman–Crippen LogP) is 2.84. The molecule has 3 rings (SSSR count). The van der Waals surface area contributed by atoms with Gasteiger partial charge in [-0.05, 0) is 25.6 Å². The molecule has 0 spiro atoms. The lowest BCUT2D eigenvalue weighted by molar-refractivity contribution is -0.385. The van der Waals surface area contributed by atoms with Crippen molar-refractivity contribution in [2.75, 3.05) is 44.7 Å². The molecule has 1 fully saturated rings. The normalized spacial score (nSPS) is 15.1. The van der Waals surface area contributed by atoms with Gasteiger partial charge in [0.05, 0.1) is 16.4 Å². The first-order chi connectivity index (χ1) is 14.8. The molecule has 1 amide bonds. The molecule has 0 aromatic heterocycles.